The van der Waals surface area contributed by atoms with Crippen molar-refractivity contribution < 1.29 is 13.9 Å². The predicted molar refractivity (Wildman–Crippen MR) is 104 cm³/mol. The van der Waals surface area contributed by atoms with Crippen molar-refractivity contribution in [1.82, 2.24) is 4.98 Å². The van der Waals surface area contributed by atoms with Crippen LogP contribution in [0.4, 0.5) is 10.1 Å². The van der Waals surface area contributed by atoms with Crippen LogP contribution in [0.3, 0.4) is 0 Å². The fourth-order valence-corrected chi connectivity index (χ4v) is 3.88. The van der Waals surface area contributed by atoms with E-state index in [1.54, 1.807) is 30.3 Å². The van der Waals surface area contributed by atoms with Gasteiger partial charge in [0.25, 0.3) is 11.9 Å². The summed E-state index contributed by atoms with van der Waals surface area (Å²) in [6.07, 6.45) is 2.04. The number of nitrogens with zero attached hydrogens (tertiary/aromatic N) is 2. The number of amidine groups is 1. The van der Waals surface area contributed by atoms with E-state index >= 15 is 0 Å². The maximum Gasteiger partial charge on any atom is 0.283 e. The standard InChI is InChI=1S/C18H15BrClFN4O2/c19-9-1-4-14(23-7-9)16(26)24-10-2-3-13(20)11(5-10)18(8-21)12-6-15(12)27-17(22)25-18/h1-5,7,12,15H,6,8H2,(H2,22,25)(H,24,26)/t12-,15+,18+/m1/s1. The Morgan fingerprint density at radius 2 is 2.26 bits per heavy atom. The normalized spacial score (nSPS) is 25.8. The number of alkyl halides is 1. The van der Waals surface area contributed by atoms with E-state index in [0.29, 0.717) is 22.7 Å². The molecule has 0 unspecified atom stereocenters. The van der Waals surface area contributed by atoms with E-state index in [1.807, 2.05) is 0 Å². The van der Waals surface area contributed by atoms with Gasteiger partial charge in [-0.15, -0.1) is 0 Å². The van der Waals surface area contributed by atoms with E-state index in [9.17, 15) is 9.18 Å². The summed E-state index contributed by atoms with van der Waals surface area (Å²) in [5.74, 6) is -0.518. The summed E-state index contributed by atoms with van der Waals surface area (Å²) < 4.78 is 20.3. The Morgan fingerprint density at radius 3 is 2.96 bits per heavy atom. The number of ether oxygens (including phenoxy) is 1. The molecule has 1 aliphatic carbocycles. The highest BCUT2D eigenvalue weighted by atomic mass is 79.9. The van der Waals surface area contributed by atoms with E-state index in [4.69, 9.17) is 22.1 Å². The molecule has 2 heterocycles. The van der Waals surface area contributed by atoms with Crippen molar-refractivity contribution in [2.24, 2.45) is 16.6 Å². The van der Waals surface area contributed by atoms with Crippen molar-refractivity contribution in [3.05, 3.63) is 57.3 Å². The van der Waals surface area contributed by atoms with Gasteiger partial charge in [0.2, 0.25) is 0 Å². The third-order valence-corrected chi connectivity index (χ3v) is 5.58. The second-order valence-corrected chi connectivity index (χ2v) is 7.84. The van der Waals surface area contributed by atoms with E-state index < -0.39 is 12.2 Å². The van der Waals surface area contributed by atoms with Crippen molar-refractivity contribution in [2.75, 3.05) is 12.0 Å². The van der Waals surface area contributed by atoms with Gasteiger partial charge >= 0.3 is 0 Å². The number of aliphatic imine (C=N–C) groups is 1. The SMILES string of the molecule is NC1=N[C@@](CF)(c2cc(NC(=O)c3ccc(Br)cn3)ccc2Cl)[C@@H]2C[C@@H]2O1. The number of nitrogens with one attached hydrogen (secondary N) is 1. The highest BCUT2D eigenvalue weighted by Crippen LogP contribution is 2.54. The maximum absolute atomic E-state index is 14.2. The third kappa shape index (κ3) is 3.27. The van der Waals surface area contributed by atoms with Crippen LogP contribution >= 0.6 is 27.5 Å². The van der Waals surface area contributed by atoms with Gasteiger partial charge in [-0.1, -0.05) is 11.6 Å². The van der Waals surface area contributed by atoms with E-state index in [1.165, 1.54) is 6.20 Å². The van der Waals surface area contributed by atoms with Crippen molar-refractivity contribution in [3.63, 3.8) is 0 Å². The van der Waals surface area contributed by atoms with Crippen LogP contribution < -0.4 is 11.1 Å². The summed E-state index contributed by atoms with van der Waals surface area (Å²) in [7, 11) is 0. The molecule has 1 saturated carbocycles. The Morgan fingerprint density at radius 1 is 1.44 bits per heavy atom. The first kappa shape index (κ1) is 18.2. The summed E-state index contributed by atoms with van der Waals surface area (Å²) >= 11 is 9.63. The van der Waals surface area contributed by atoms with Gasteiger partial charge in [0.15, 0.2) is 0 Å². The van der Waals surface area contributed by atoms with E-state index in [-0.39, 0.29) is 29.6 Å². The number of benzene rings is 1. The average molecular weight is 454 g/mol. The number of carbonyl (C=O) groups excluding carboxylic acids is 1. The van der Waals surface area contributed by atoms with Gasteiger partial charge in [-0.2, -0.15) is 0 Å². The van der Waals surface area contributed by atoms with Crippen LogP contribution in [-0.2, 0) is 10.3 Å². The number of hydrogen-bond acceptors (Lipinski definition) is 5. The van der Waals surface area contributed by atoms with Crippen LogP contribution in [0.1, 0.15) is 22.5 Å². The van der Waals surface area contributed by atoms with Crippen LogP contribution in [0, 0.1) is 5.92 Å². The van der Waals surface area contributed by atoms with Crippen LogP contribution in [0.15, 0.2) is 46.0 Å². The molecule has 6 nitrogen and oxygen atoms in total. The predicted octanol–water partition coefficient (Wildman–Crippen LogP) is 3.65. The van der Waals surface area contributed by atoms with Gasteiger partial charge in [0.1, 0.15) is 24.0 Å². The molecule has 0 spiro atoms. The fourth-order valence-electron chi connectivity index (χ4n) is 3.37. The number of halogens is 3. The molecule has 0 radical (unpaired) electrons. The maximum atomic E-state index is 14.2. The molecular weight excluding hydrogens is 439 g/mol. The fraction of sp³-hybridized carbons (Fsp3) is 0.278. The van der Waals surface area contributed by atoms with Crippen LogP contribution in [0.2, 0.25) is 5.02 Å². The Balaban J connectivity index is 1.66. The number of anilines is 1. The average Bonchev–Trinajstić information content (AvgIpc) is 3.43. The summed E-state index contributed by atoms with van der Waals surface area (Å²) in [5, 5.41) is 3.11. The highest BCUT2D eigenvalue weighted by Gasteiger charge is 2.59. The molecule has 1 amide bonds. The molecule has 3 N–H and O–H groups in total. The molecule has 27 heavy (non-hydrogen) atoms. The zero-order chi connectivity index (χ0) is 19.2. The van der Waals surface area contributed by atoms with Crippen LogP contribution in [-0.4, -0.2) is 29.7 Å². The molecule has 3 atom stereocenters. The van der Waals surface area contributed by atoms with Crippen LogP contribution in [0.25, 0.3) is 0 Å². The Hall–Kier alpha value is -2.19. The topological polar surface area (TPSA) is 89.6 Å². The first-order valence-electron chi connectivity index (χ1n) is 8.24. The summed E-state index contributed by atoms with van der Waals surface area (Å²) in [6, 6.07) is 8.16. The molecular formula is C18H15BrClFN4O2. The lowest BCUT2D eigenvalue weighted by Gasteiger charge is -2.32. The number of fused-ring (bicyclic) bond motifs is 1. The number of aromatic nitrogens is 1. The molecule has 2 aliphatic rings. The number of rotatable bonds is 4. The molecule has 2 aromatic rings. The van der Waals surface area contributed by atoms with Crippen molar-refractivity contribution in [3.8, 4) is 0 Å². The minimum Gasteiger partial charge on any atom is -0.462 e. The quantitative estimate of drug-likeness (QED) is 0.739. The Labute approximate surface area is 168 Å². The number of nitrogens with two attached hydrogens (primary N) is 1. The summed E-state index contributed by atoms with van der Waals surface area (Å²) in [5.41, 5.74) is 5.74. The Kier molecular flexibility index (Phi) is 4.55. The molecule has 140 valence electrons. The van der Waals surface area contributed by atoms with Gasteiger partial charge in [-0.25, -0.2) is 14.4 Å². The number of amides is 1. The molecule has 1 aliphatic heterocycles. The monoisotopic (exact) mass is 452 g/mol. The largest absolute Gasteiger partial charge is 0.462 e. The van der Waals surface area contributed by atoms with Gasteiger partial charge in [-0.3, -0.25) is 4.79 Å². The minimum atomic E-state index is -1.19. The van der Waals surface area contributed by atoms with E-state index in [0.717, 1.165) is 4.47 Å². The molecule has 1 fully saturated rings. The number of hydrogen-bond donors (Lipinski definition) is 2. The molecule has 0 bridgehead atoms. The molecule has 1 aromatic carbocycles. The molecule has 4 rings (SSSR count). The number of carbonyl (C=O) groups is 1. The highest BCUT2D eigenvalue weighted by molar-refractivity contribution is 9.10. The van der Waals surface area contributed by atoms with Gasteiger partial charge in [0, 0.05) is 32.9 Å². The lowest BCUT2D eigenvalue weighted by molar-refractivity contribution is 0.102. The smallest absolute Gasteiger partial charge is 0.283 e. The zero-order valence-electron chi connectivity index (χ0n) is 14.0. The van der Waals surface area contributed by atoms with Gasteiger partial charge < -0.3 is 15.8 Å². The summed E-state index contributed by atoms with van der Waals surface area (Å²) in [6.45, 7) is -0.760. The van der Waals surface area contributed by atoms with Gasteiger partial charge in [0.05, 0.1) is 0 Å². The minimum absolute atomic E-state index is 0.0454. The third-order valence-electron chi connectivity index (χ3n) is 4.78. The molecule has 9 heteroatoms. The summed E-state index contributed by atoms with van der Waals surface area (Å²) in [4.78, 5) is 20.7. The van der Waals surface area contributed by atoms with Gasteiger partial charge in [-0.05, 0) is 52.7 Å². The zero-order valence-corrected chi connectivity index (χ0v) is 16.3. The van der Waals surface area contributed by atoms with Crippen molar-refractivity contribution in [1.29, 1.82) is 0 Å². The Bertz CT molecular complexity index is 939. The lowest BCUT2D eigenvalue weighted by Crippen LogP contribution is -2.39. The van der Waals surface area contributed by atoms with Crippen LogP contribution in [0.5, 0.6) is 0 Å². The number of pyridine rings is 1. The second kappa shape index (κ2) is 6.76. The lowest BCUT2D eigenvalue weighted by atomic mass is 9.85. The second-order valence-electron chi connectivity index (χ2n) is 6.52. The van der Waals surface area contributed by atoms with E-state index in [2.05, 4.69) is 31.2 Å². The first-order valence-corrected chi connectivity index (χ1v) is 9.41. The molecule has 1 aromatic heterocycles. The van der Waals surface area contributed by atoms with Crippen molar-refractivity contribution >= 4 is 45.1 Å². The first-order chi connectivity index (χ1) is 12.9. The van der Waals surface area contributed by atoms with Crippen molar-refractivity contribution in [2.45, 2.75) is 18.1 Å². The molecule has 0 saturated heterocycles.